The Balaban J connectivity index is 1.58. The standard InChI is InChI=1S/C16H19FN4O3/c1-2-20-14(22)15(23)21(16(20)24)11-18-7-9-19(10-8-18)13-5-3-12(17)4-6-13/h3-6H,2,7-11H2,1H3/p+1. The summed E-state index contributed by atoms with van der Waals surface area (Å²) in [5, 5.41) is 0. The summed E-state index contributed by atoms with van der Waals surface area (Å²) < 4.78 is 13.0. The quantitative estimate of drug-likeness (QED) is 0.584. The van der Waals surface area contributed by atoms with Crippen LogP contribution in [0.15, 0.2) is 24.3 Å². The molecule has 4 amide bonds. The molecule has 1 aromatic carbocycles. The average molecular weight is 335 g/mol. The van der Waals surface area contributed by atoms with Crippen LogP contribution in [0.1, 0.15) is 6.92 Å². The third kappa shape index (κ3) is 2.96. The highest BCUT2D eigenvalue weighted by Crippen LogP contribution is 2.14. The number of nitrogens with zero attached hydrogens (tertiary/aromatic N) is 3. The molecule has 1 N–H and O–H groups in total. The molecular weight excluding hydrogens is 315 g/mol. The molecule has 2 aliphatic rings. The molecule has 0 atom stereocenters. The van der Waals surface area contributed by atoms with Crippen LogP contribution in [-0.2, 0) is 9.59 Å². The zero-order chi connectivity index (χ0) is 17.3. The Hall–Kier alpha value is -2.48. The molecule has 0 bridgehead atoms. The summed E-state index contributed by atoms with van der Waals surface area (Å²) in [7, 11) is 0. The average Bonchev–Trinajstić information content (AvgIpc) is 2.79. The summed E-state index contributed by atoms with van der Waals surface area (Å²) in [4.78, 5) is 41.0. The van der Waals surface area contributed by atoms with Crippen molar-refractivity contribution in [2.24, 2.45) is 0 Å². The molecule has 2 aliphatic heterocycles. The molecule has 0 radical (unpaired) electrons. The number of carbonyl (C=O) groups is 3. The third-order valence-electron chi connectivity index (χ3n) is 4.50. The summed E-state index contributed by atoms with van der Waals surface area (Å²) in [5.74, 6) is -1.75. The molecule has 0 saturated carbocycles. The van der Waals surface area contributed by atoms with Gasteiger partial charge in [0.1, 0.15) is 5.82 Å². The van der Waals surface area contributed by atoms with Crippen LogP contribution in [0, 0.1) is 5.82 Å². The van der Waals surface area contributed by atoms with Crippen molar-refractivity contribution in [2.75, 3.05) is 44.3 Å². The minimum Gasteiger partial charge on any atom is -0.360 e. The van der Waals surface area contributed by atoms with Crippen LogP contribution in [-0.4, -0.2) is 67.0 Å². The lowest BCUT2D eigenvalue weighted by Crippen LogP contribution is -3.16. The van der Waals surface area contributed by atoms with Gasteiger partial charge in [-0.2, -0.15) is 0 Å². The number of likely N-dealkylation sites (N-methyl/N-ethyl adjacent to an activating group) is 1. The van der Waals surface area contributed by atoms with Gasteiger partial charge in [-0.15, -0.1) is 0 Å². The minimum atomic E-state index is -0.744. The number of quaternary nitrogens is 1. The normalized spacial score (nSPS) is 19.6. The SMILES string of the molecule is CCN1C(=O)C(=O)N(C[NH+]2CCN(c3ccc(F)cc3)CC2)C1=O. The molecule has 2 saturated heterocycles. The van der Waals surface area contributed by atoms with Crippen molar-refractivity contribution < 1.29 is 23.7 Å². The van der Waals surface area contributed by atoms with Crippen molar-refractivity contribution in [3.05, 3.63) is 30.1 Å². The number of piperazine rings is 1. The summed E-state index contributed by atoms with van der Waals surface area (Å²) in [5.41, 5.74) is 0.955. The van der Waals surface area contributed by atoms with Gasteiger partial charge in [0, 0.05) is 12.2 Å². The van der Waals surface area contributed by atoms with Crippen molar-refractivity contribution in [3.63, 3.8) is 0 Å². The van der Waals surface area contributed by atoms with Gasteiger partial charge < -0.3 is 9.80 Å². The second-order valence-electron chi connectivity index (χ2n) is 5.94. The van der Waals surface area contributed by atoms with E-state index in [0.29, 0.717) is 0 Å². The van der Waals surface area contributed by atoms with Crippen molar-refractivity contribution in [3.8, 4) is 0 Å². The first-order chi connectivity index (χ1) is 11.5. The lowest BCUT2D eigenvalue weighted by molar-refractivity contribution is -0.907. The fourth-order valence-corrected chi connectivity index (χ4v) is 3.08. The summed E-state index contributed by atoms with van der Waals surface area (Å²) >= 11 is 0. The van der Waals surface area contributed by atoms with Crippen molar-refractivity contribution in [2.45, 2.75) is 6.92 Å². The van der Waals surface area contributed by atoms with Crippen LogP contribution in [0.25, 0.3) is 0 Å². The number of nitrogens with one attached hydrogen (secondary N) is 1. The molecule has 3 rings (SSSR count). The molecule has 24 heavy (non-hydrogen) atoms. The first-order valence-electron chi connectivity index (χ1n) is 8.02. The molecule has 2 heterocycles. The number of halogens is 1. The van der Waals surface area contributed by atoms with Crippen LogP contribution in [0.5, 0.6) is 0 Å². The topological polar surface area (TPSA) is 65.4 Å². The lowest BCUT2D eigenvalue weighted by atomic mass is 10.2. The Labute approximate surface area is 139 Å². The monoisotopic (exact) mass is 335 g/mol. The second kappa shape index (κ2) is 6.56. The number of amides is 4. The maximum atomic E-state index is 13.0. The Morgan fingerprint density at radius 3 is 2.12 bits per heavy atom. The molecule has 0 aliphatic carbocycles. The van der Waals surface area contributed by atoms with E-state index in [9.17, 15) is 18.8 Å². The van der Waals surface area contributed by atoms with Crippen LogP contribution in [0.4, 0.5) is 14.9 Å². The fourth-order valence-electron chi connectivity index (χ4n) is 3.08. The highest BCUT2D eigenvalue weighted by Gasteiger charge is 2.45. The van der Waals surface area contributed by atoms with E-state index in [1.54, 1.807) is 19.1 Å². The van der Waals surface area contributed by atoms with Gasteiger partial charge in [-0.3, -0.25) is 14.5 Å². The smallest absolute Gasteiger partial charge is 0.338 e. The number of hydrogen-bond acceptors (Lipinski definition) is 4. The van der Waals surface area contributed by atoms with Gasteiger partial charge in [0.25, 0.3) is 0 Å². The zero-order valence-electron chi connectivity index (χ0n) is 13.5. The summed E-state index contributed by atoms with van der Waals surface area (Å²) in [6.45, 7) is 5.01. The Morgan fingerprint density at radius 2 is 1.58 bits per heavy atom. The third-order valence-corrected chi connectivity index (χ3v) is 4.50. The van der Waals surface area contributed by atoms with E-state index in [1.807, 2.05) is 0 Å². The maximum absolute atomic E-state index is 13.0. The van der Waals surface area contributed by atoms with Crippen molar-refractivity contribution in [1.29, 1.82) is 0 Å². The van der Waals surface area contributed by atoms with Crippen LogP contribution in [0.3, 0.4) is 0 Å². The first-order valence-corrected chi connectivity index (χ1v) is 8.02. The molecule has 128 valence electrons. The lowest BCUT2D eigenvalue weighted by Gasteiger charge is -2.34. The van der Waals surface area contributed by atoms with Gasteiger partial charge in [0.05, 0.1) is 26.2 Å². The van der Waals surface area contributed by atoms with E-state index in [4.69, 9.17) is 0 Å². The molecule has 7 nitrogen and oxygen atoms in total. The molecule has 0 unspecified atom stereocenters. The largest absolute Gasteiger partial charge is 0.360 e. The number of anilines is 1. The van der Waals surface area contributed by atoms with E-state index >= 15 is 0 Å². The molecule has 8 heteroatoms. The van der Waals surface area contributed by atoms with Gasteiger partial charge in [-0.1, -0.05) is 0 Å². The number of benzene rings is 1. The van der Waals surface area contributed by atoms with E-state index < -0.39 is 17.8 Å². The van der Waals surface area contributed by atoms with Crippen LogP contribution in [0.2, 0.25) is 0 Å². The second-order valence-corrected chi connectivity index (χ2v) is 5.94. The van der Waals surface area contributed by atoms with Crippen molar-refractivity contribution in [1.82, 2.24) is 9.80 Å². The predicted molar refractivity (Wildman–Crippen MR) is 83.8 cm³/mol. The first kappa shape index (κ1) is 16.4. The molecule has 1 aromatic rings. The fraction of sp³-hybridized carbons (Fsp3) is 0.438. The van der Waals surface area contributed by atoms with Crippen LogP contribution >= 0.6 is 0 Å². The number of hydrogen-bond donors (Lipinski definition) is 1. The van der Waals surface area contributed by atoms with Crippen molar-refractivity contribution >= 4 is 23.5 Å². The maximum Gasteiger partial charge on any atom is 0.338 e. The van der Waals surface area contributed by atoms with E-state index in [2.05, 4.69) is 4.90 Å². The summed E-state index contributed by atoms with van der Waals surface area (Å²) in [6, 6.07) is 5.82. The Bertz CT molecular complexity index is 656. The number of urea groups is 1. The minimum absolute atomic E-state index is 0.202. The van der Waals surface area contributed by atoms with Gasteiger partial charge in [-0.05, 0) is 31.2 Å². The molecular formula is C16H20FN4O3+. The molecule has 0 aromatic heterocycles. The van der Waals surface area contributed by atoms with E-state index in [1.165, 1.54) is 12.1 Å². The van der Waals surface area contributed by atoms with Gasteiger partial charge in [0.2, 0.25) is 0 Å². The van der Waals surface area contributed by atoms with Gasteiger partial charge in [-0.25, -0.2) is 14.1 Å². The highest BCUT2D eigenvalue weighted by atomic mass is 19.1. The van der Waals surface area contributed by atoms with Gasteiger partial charge >= 0.3 is 17.8 Å². The zero-order valence-corrected chi connectivity index (χ0v) is 13.5. The summed E-state index contributed by atoms with van der Waals surface area (Å²) in [6.07, 6.45) is 0. The number of imide groups is 2. The number of rotatable bonds is 4. The Morgan fingerprint density at radius 1 is 1.00 bits per heavy atom. The van der Waals surface area contributed by atoms with Crippen LogP contribution < -0.4 is 9.80 Å². The Kier molecular flexibility index (Phi) is 4.48. The molecule has 0 spiro atoms. The van der Waals surface area contributed by atoms with E-state index in [0.717, 1.165) is 46.6 Å². The molecule has 2 fully saturated rings. The predicted octanol–water partition coefficient (Wildman–Crippen LogP) is -0.701. The highest BCUT2D eigenvalue weighted by molar-refractivity contribution is 6.44. The van der Waals surface area contributed by atoms with E-state index in [-0.39, 0.29) is 19.0 Å². The van der Waals surface area contributed by atoms with Gasteiger partial charge in [0.15, 0.2) is 6.67 Å². The number of carbonyl (C=O) groups excluding carboxylic acids is 3.